The van der Waals surface area contributed by atoms with Gasteiger partial charge >= 0.3 is 0 Å². The molecule has 2 aromatic carbocycles. The number of sulfone groups is 1. The average Bonchev–Trinajstić information content (AvgIpc) is 2.73. The summed E-state index contributed by atoms with van der Waals surface area (Å²) in [4.78, 5) is 14.6. The first-order chi connectivity index (χ1) is 14.7. The van der Waals surface area contributed by atoms with Crippen LogP contribution in [0.3, 0.4) is 0 Å². The molecule has 3 rings (SSSR count). The van der Waals surface area contributed by atoms with Gasteiger partial charge in [0, 0.05) is 28.9 Å². The molecular formula is C22H17Cl2F2NO3S. The number of carbonyl (C=O) groups excluding carboxylic acids is 1. The highest BCUT2D eigenvalue weighted by atomic mass is 35.5. The minimum Gasteiger partial charge on any atom is -0.303 e. The van der Waals surface area contributed by atoms with Crippen molar-refractivity contribution in [1.82, 2.24) is 4.98 Å². The Balaban J connectivity index is 2.22. The topological polar surface area (TPSA) is 64.1 Å². The molecule has 0 bridgehead atoms. The lowest BCUT2D eigenvalue weighted by Crippen LogP contribution is -2.18. The van der Waals surface area contributed by atoms with Crippen molar-refractivity contribution in [2.75, 3.05) is 0 Å². The maximum absolute atomic E-state index is 14.7. The van der Waals surface area contributed by atoms with Gasteiger partial charge in [-0.25, -0.2) is 17.2 Å². The number of benzene rings is 2. The maximum atomic E-state index is 14.7. The van der Waals surface area contributed by atoms with Crippen molar-refractivity contribution in [1.29, 1.82) is 0 Å². The van der Waals surface area contributed by atoms with Gasteiger partial charge in [0.1, 0.15) is 23.2 Å². The molecule has 0 aliphatic carbocycles. The van der Waals surface area contributed by atoms with Crippen molar-refractivity contribution in [2.45, 2.75) is 29.4 Å². The molecule has 0 spiro atoms. The summed E-state index contributed by atoms with van der Waals surface area (Å²) in [5, 5.41) is -1.30. The van der Waals surface area contributed by atoms with Gasteiger partial charge in [-0.2, -0.15) is 0 Å². The van der Waals surface area contributed by atoms with Crippen LogP contribution in [0.5, 0.6) is 0 Å². The van der Waals surface area contributed by atoms with Gasteiger partial charge in [0.05, 0.1) is 9.92 Å². The molecule has 1 aromatic heterocycles. The third kappa shape index (κ3) is 5.29. The number of aryl methyl sites for hydroxylation is 1. The quantitative estimate of drug-likeness (QED) is 0.302. The van der Waals surface area contributed by atoms with E-state index in [1.807, 2.05) is 0 Å². The highest BCUT2D eigenvalue weighted by molar-refractivity contribution is 7.92. The number of rotatable bonds is 8. The highest BCUT2D eigenvalue weighted by Crippen LogP contribution is 2.40. The lowest BCUT2D eigenvalue weighted by Gasteiger charge is -2.21. The van der Waals surface area contributed by atoms with Crippen LogP contribution < -0.4 is 0 Å². The zero-order chi connectivity index (χ0) is 22.6. The number of carbonyl (C=O) groups is 1. The van der Waals surface area contributed by atoms with Crippen LogP contribution in [0, 0.1) is 11.6 Å². The third-order valence-corrected chi connectivity index (χ3v) is 7.30. The molecule has 1 unspecified atom stereocenters. The second-order valence-electron chi connectivity index (χ2n) is 6.80. The first-order valence-corrected chi connectivity index (χ1v) is 11.6. The highest BCUT2D eigenvalue weighted by Gasteiger charge is 2.35. The smallest absolute Gasteiger partial charge is 0.189 e. The SMILES string of the molecule is O=CCCCc1cc(C(c2cc(F)ccc2F)S(=O)(=O)c2ccc(Cl)cc2)c(Cl)cn1. The second-order valence-corrected chi connectivity index (χ2v) is 9.68. The van der Waals surface area contributed by atoms with Crippen LogP contribution in [0.2, 0.25) is 10.0 Å². The Morgan fingerprint density at radius 2 is 1.71 bits per heavy atom. The number of aldehydes is 1. The van der Waals surface area contributed by atoms with Crippen LogP contribution in [0.4, 0.5) is 8.78 Å². The first-order valence-electron chi connectivity index (χ1n) is 9.26. The van der Waals surface area contributed by atoms with Gasteiger partial charge in [-0.05, 0) is 66.9 Å². The molecule has 0 saturated carbocycles. The predicted molar refractivity (Wildman–Crippen MR) is 115 cm³/mol. The summed E-state index contributed by atoms with van der Waals surface area (Å²) in [6.07, 6.45) is 3.24. The van der Waals surface area contributed by atoms with E-state index >= 15 is 0 Å². The second kappa shape index (κ2) is 9.85. The molecule has 0 amide bonds. The number of aromatic nitrogens is 1. The number of hydrogen-bond acceptors (Lipinski definition) is 4. The average molecular weight is 484 g/mol. The fourth-order valence-electron chi connectivity index (χ4n) is 3.18. The Kier molecular flexibility index (Phi) is 7.41. The van der Waals surface area contributed by atoms with E-state index in [4.69, 9.17) is 23.2 Å². The lowest BCUT2D eigenvalue weighted by molar-refractivity contribution is -0.107. The van der Waals surface area contributed by atoms with Crippen molar-refractivity contribution in [3.8, 4) is 0 Å². The van der Waals surface area contributed by atoms with E-state index < -0.39 is 26.7 Å². The maximum Gasteiger partial charge on any atom is 0.189 e. The Labute approximate surface area is 188 Å². The zero-order valence-corrected chi connectivity index (χ0v) is 18.4. The predicted octanol–water partition coefficient (Wildman–Crippen LogP) is 5.75. The molecule has 3 aromatic rings. The minimum atomic E-state index is -4.26. The van der Waals surface area contributed by atoms with E-state index in [2.05, 4.69) is 4.98 Å². The molecule has 4 nitrogen and oxygen atoms in total. The van der Waals surface area contributed by atoms with Gasteiger partial charge in [0.15, 0.2) is 9.84 Å². The molecular weight excluding hydrogens is 467 g/mol. The normalized spacial score (nSPS) is 12.5. The molecule has 0 aliphatic rings. The molecule has 0 radical (unpaired) electrons. The summed E-state index contributed by atoms with van der Waals surface area (Å²) in [6, 6.07) is 9.45. The standard InChI is InChI=1S/C22H17Cl2F2NO3S/c23-14-4-7-17(8-5-14)31(29,30)22(19-11-15(25)6-9-21(19)26)18-12-16(3-1-2-10-28)27-13-20(18)24/h4-13,22H,1-3H2. The summed E-state index contributed by atoms with van der Waals surface area (Å²) < 4.78 is 55.9. The first kappa shape index (κ1) is 23.3. The van der Waals surface area contributed by atoms with Crippen molar-refractivity contribution in [3.05, 3.63) is 93.2 Å². The van der Waals surface area contributed by atoms with Crippen molar-refractivity contribution in [2.24, 2.45) is 0 Å². The van der Waals surface area contributed by atoms with E-state index in [-0.39, 0.29) is 21.0 Å². The Hall–Kier alpha value is -2.35. The number of halogens is 4. The van der Waals surface area contributed by atoms with Gasteiger partial charge in [0.25, 0.3) is 0 Å². The lowest BCUT2D eigenvalue weighted by atomic mass is 10.0. The number of pyridine rings is 1. The molecule has 162 valence electrons. The molecule has 1 atom stereocenters. The summed E-state index contributed by atoms with van der Waals surface area (Å²) in [5.74, 6) is -1.68. The third-order valence-electron chi connectivity index (χ3n) is 4.67. The Morgan fingerprint density at radius 3 is 2.39 bits per heavy atom. The minimum absolute atomic E-state index is 0.00895. The van der Waals surface area contributed by atoms with Gasteiger partial charge in [-0.15, -0.1) is 0 Å². The molecule has 0 saturated heterocycles. The van der Waals surface area contributed by atoms with Crippen LogP contribution in [0.15, 0.2) is 59.6 Å². The van der Waals surface area contributed by atoms with E-state index in [0.29, 0.717) is 30.0 Å². The van der Waals surface area contributed by atoms with E-state index in [9.17, 15) is 22.0 Å². The monoisotopic (exact) mass is 483 g/mol. The molecule has 0 fully saturated rings. The largest absolute Gasteiger partial charge is 0.303 e. The van der Waals surface area contributed by atoms with Crippen LogP contribution in [-0.4, -0.2) is 19.7 Å². The summed E-state index contributed by atoms with van der Waals surface area (Å²) in [7, 11) is -4.26. The molecule has 0 N–H and O–H groups in total. The molecule has 31 heavy (non-hydrogen) atoms. The van der Waals surface area contributed by atoms with E-state index in [1.54, 1.807) is 0 Å². The van der Waals surface area contributed by atoms with Crippen LogP contribution in [0.1, 0.15) is 34.9 Å². The number of unbranched alkanes of at least 4 members (excludes halogenated alkanes) is 1. The Bertz CT molecular complexity index is 1200. The van der Waals surface area contributed by atoms with Gasteiger partial charge < -0.3 is 4.79 Å². The molecule has 0 aliphatic heterocycles. The Morgan fingerprint density at radius 1 is 1.00 bits per heavy atom. The van der Waals surface area contributed by atoms with Crippen molar-refractivity contribution in [3.63, 3.8) is 0 Å². The zero-order valence-electron chi connectivity index (χ0n) is 16.1. The number of nitrogens with zero attached hydrogens (tertiary/aromatic N) is 1. The van der Waals surface area contributed by atoms with Gasteiger partial charge in [0.2, 0.25) is 0 Å². The van der Waals surface area contributed by atoms with E-state index in [0.717, 1.165) is 24.5 Å². The summed E-state index contributed by atoms with van der Waals surface area (Å²) in [5.41, 5.74) is 0.175. The molecule has 9 heteroatoms. The van der Waals surface area contributed by atoms with Crippen molar-refractivity contribution < 1.29 is 22.0 Å². The number of hydrogen-bond donors (Lipinski definition) is 0. The fourth-order valence-corrected chi connectivity index (χ4v) is 5.42. The van der Waals surface area contributed by atoms with Crippen LogP contribution in [0.25, 0.3) is 0 Å². The van der Waals surface area contributed by atoms with Crippen molar-refractivity contribution >= 4 is 39.3 Å². The summed E-state index contributed by atoms with van der Waals surface area (Å²) in [6.45, 7) is 0. The van der Waals surface area contributed by atoms with Crippen LogP contribution >= 0.6 is 23.2 Å². The van der Waals surface area contributed by atoms with Crippen LogP contribution in [-0.2, 0) is 21.1 Å². The summed E-state index contributed by atoms with van der Waals surface area (Å²) >= 11 is 12.2. The van der Waals surface area contributed by atoms with Gasteiger partial charge in [-0.3, -0.25) is 4.98 Å². The molecule has 1 heterocycles. The van der Waals surface area contributed by atoms with Gasteiger partial charge in [-0.1, -0.05) is 23.2 Å². The van der Waals surface area contributed by atoms with E-state index in [1.165, 1.54) is 36.5 Å². The fraction of sp³-hybridized carbons (Fsp3) is 0.182.